The molecule has 26 heavy (non-hydrogen) atoms. The van der Waals surface area contributed by atoms with Gasteiger partial charge in [-0.1, -0.05) is 18.2 Å². The Morgan fingerprint density at radius 2 is 1.88 bits per heavy atom. The van der Waals surface area contributed by atoms with Crippen molar-refractivity contribution >= 4 is 18.1 Å². The summed E-state index contributed by atoms with van der Waals surface area (Å²) in [5.41, 5.74) is 2.49. The third-order valence-electron chi connectivity index (χ3n) is 4.27. The fraction of sp³-hybridized carbons (Fsp3) is 0.0500. The first-order valence-corrected chi connectivity index (χ1v) is 8.05. The summed E-state index contributed by atoms with van der Waals surface area (Å²) in [5, 5.41) is 13.9. The molecular formula is C20H15N3O3. The van der Waals surface area contributed by atoms with Crippen LogP contribution in [0.3, 0.4) is 0 Å². The van der Waals surface area contributed by atoms with E-state index in [-0.39, 0.29) is 11.1 Å². The summed E-state index contributed by atoms with van der Waals surface area (Å²) >= 11 is 0. The van der Waals surface area contributed by atoms with E-state index in [2.05, 4.69) is 10.1 Å². The van der Waals surface area contributed by atoms with Crippen LogP contribution in [-0.4, -0.2) is 20.9 Å². The van der Waals surface area contributed by atoms with Gasteiger partial charge in [0.25, 0.3) is 5.56 Å². The van der Waals surface area contributed by atoms with Gasteiger partial charge in [0.2, 0.25) is 0 Å². The van der Waals surface area contributed by atoms with Crippen LogP contribution in [-0.2, 0) is 0 Å². The number of aryl methyl sites for hydroxylation is 1. The number of carboxylic acid groups (broad SMARTS) is 1. The van der Waals surface area contributed by atoms with Gasteiger partial charge in [-0.15, -0.1) is 0 Å². The molecule has 0 unspecified atom stereocenters. The molecular weight excluding hydrogens is 330 g/mol. The van der Waals surface area contributed by atoms with Crippen LogP contribution in [0.15, 0.2) is 64.0 Å². The molecule has 0 bridgehead atoms. The lowest BCUT2D eigenvalue weighted by Gasteiger charge is -2.01. The van der Waals surface area contributed by atoms with Crippen molar-refractivity contribution in [3.05, 3.63) is 92.0 Å². The lowest BCUT2D eigenvalue weighted by atomic mass is 10.2. The molecule has 0 aliphatic carbocycles. The smallest absolute Gasteiger partial charge is 0.335 e. The van der Waals surface area contributed by atoms with E-state index >= 15 is 0 Å². The van der Waals surface area contributed by atoms with Crippen molar-refractivity contribution < 1.29 is 9.90 Å². The van der Waals surface area contributed by atoms with Crippen LogP contribution in [0.4, 0.5) is 0 Å². The molecule has 6 nitrogen and oxygen atoms in total. The number of nitrogens with one attached hydrogen (secondary N) is 1. The van der Waals surface area contributed by atoms with Gasteiger partial charge in [-0.3, -0.25) is 9.89 Å². The number of benzene rings is 2. The van der Waals surface area contributed by atoms with E-state index in [0.29, 0.717) is 16.9 Å². The Morgan fingerprint density at radius 1 is 1.15 bits per heavy atom. The summed E-state index contributed by atoms with van der Waals surface area (Å²) < 4.78 is 1.40. The lowest BCUT2D eigenvalue weighted by Crippen LogP contribution is -2.19. The molecule has 0 spiro atoms. The van der Waals surface area contributed by atoms with Crippen molar-refractivity contribution in [3.63, 3.8) is 0 Å². The van der Waals surface area contributed by atoms with Gasteiger partial charge in [0.05, 0.1) is 27.9 Å². The quantitative estimate of drug-likeness (QED) is 0.756. The Kier molecular flexibility index (Phi) is 3.65. The third kappa shape index (κ3) is 2.67. The average molecular weight is 345 g/mol. The number of para-hydroxylation sites is 1. The number of H-pyrrole nitrogens is 1. The van der Waals surface area contributed by atoms with Crippen LogP contribution in [0.1, 0.15) is 21.6 Å². The molecule has 0 atom stereocenters. The minimum Gasteiger partial charge on any atom is -0.478 e. The molecule has 128 valence electrons. The maximum absolute atomic E-state index is 12.8. The van der Waals surface area contributed by atoms with E-state index in [1.54, 1.807) is 18.2 Å². The first kappa shape index (κ1) is 15.8. The molecule has 0 amide bonds. The van der Waals surface area contributed by atoms with Crippen molar-refractivity contribution in [1.29, 1.82) is 0 Å². The molecule has 4 rings (SSSR count). The minimum absolute atomic E-state index is 0.171. The van der Waals surface area contributed by atoms with Gasteiger partial charge in [-0.2, -0.15) is 0 Å². The largest absolute Gasteiger partial charge is 0.478 e. The van der Waals surface area contributed by atoms with Crippen molar-refractivity contribution in [3.8, 4) is 5.69 Å². The molecule has 2 aromatic carbocycles. The number of carboxylic acids is 1. The second kappa shape index (κ2) is 6.00. The molecule has 0 radical (unpaired) electrons. The number of fused-ring (bicyclic) bond motifs is 1. The van der Waals surface area contributed by atoms with E-state index in [9.17, 15) is 9.59 Å². The standard InChI is InChI=1S/C20H15N3O3/c1-12-17(11-15-10-14-4-2-3-5-18(14)21-15)19(24)23(22-12)16-8-6-13(7-9-16)20(25)26/h2-11,22H,1H3,(H,25,26)/b15-11+. The van der Waals surface area contributed by atoms with E-state index in [1.807, 2.05) is 37.3 Å². The highest BCUT2D eigenvalue weighted by atomic mass is 16.4. The molecule has 3 aromatic rings. The highest BCUT2D eigenvalue weighted by Gasteiger charge is 2.12. The van der Waals surface area contributed by atoms with Crippen LogP contribution in [0.5, 0.6) is 0 Å². The van der Waals surface area contributed by atoms with Crippen molar-refractivity contribution in [2.45, 2.75) is 6.92 Å². The highest BCUT2D eigenvalue weighted by molar-refractivity contribution is 5.87. The fourth-order valence-electron chi connectivity index (χ4n) is 2.93. The number of hydrogen-bond donors (Lipinski definition) is 2. The topological polar surface area (TPSA) is 87.5 Å². The van der Waals surface area contributed by atoms with Gasteiger partial charge in [-0.05, 0) is 49.4 Å². The van der Waals surface area contributed by atoms with Gasteiger partial charge in [0.15, 0.2) is 0 Å². The van der Waals surface area contributed by atoms with E-state index in [0.717, 1.165) is 16.3 Å². The Bertz CT molecular complexity index is 1190. The lowest BCUT2D eigenvalue weighted by molar-refractivity contribution is 0.0697. The number of allylic oxidation sites excluding steroid dienone is 1. The van der Waals surface area contributed by atoms with Crippen LogP contribution >= 0.6 is 0 Å². The van der Waals surface area contributed by atoms with Gasteiger partial charge in [0.1, 0.15) is 0 Å². The van der Waals surface area contributed by atoms with Crippen LogP contribution in [0.2, 0.25) is 0 Å². The SMILES string of the molecule is Cc1[nH]n(-c2ccc(C(=O)O)cc2)c(=O)c1/C=C1\C=c2ccccc2=N1. The molecule has 1 aliphatic rings. The zero-order valence-electron chi connectivity index (χ0n) is 13.9. The zero-order chi connectivity index (χ0) is 18.3. The number of aromatic amines is 1. The predicted molar refractivity (Wildman–Crippen MR) is 97.8 cm³/mol. The molecule has 6 heteroatoms. The van der Waals surface area contributed by atoms with Crippen LogP contribution < -0.4 is 16.1 Å². The highest BCUT2D eigenvalue weighted by Crippen LogP contribution is 2.13. The average Bonchev–Trinajstić information content (AvgIpc) is 3.17. The normalized spacial score (nSPS) is 14.0. The van der Waals surface area contributed by atoms with E-state index < -0.39 is 5.97 Å². The summed E-state index contributed by atoms with van der Waals surface area (Å²) in [6, 6.07) is 13.9. The summed E-state index contributed by atoms with van der Waals surface area (Å²) in [5.74, 6) is -1.00. The number of carbonyl (C=O) groups is 1. The molecule has 0 saturated heterocycles. The monoisotopic (exact) mass is 345 g/mol. The molecule has 1 aliphatic heterocycles. The Balaban J connectivity index is 1.76. The third-order valence-corrected chi connectivity index (χ3v) is 4.27. The van der Waals surface area contributed by atoms with Crippen molar-refractivity contribution in [1.82, 2.24) is 9.78 Å². The number of nitrogens with zero attached hydrogens (tertiary/aromatic N) is 2. The summed E-state index contributed by atoms with van der Waals surface area (Å²) in [7, 11) is 0. The molecule has 1 aromatic heterocycles. The zero-order valence-corrected chi connectivity index (χ0v) is 13.9. The maximum Gasteiger partial charge on any atom is 0.335 e. The Morgan fingerprint density at radius 3 is 2.58 bits per heavy atom. The van der Waals surface area contributed by atoms with Gasteiger partial charge in [0, 0.05) is 10.9 Å². The van der Waals surface area contributed by atoms with E-state index in [1.165, 1.54) is 16.8 Å². The first-order valence-electron chi connectivity index (χ1n) is 8.05. The molecule has 2 heterocycles. The summed E-state index contributed by atoms with van der Waals surface area (Å²) in [6.45, 7) is 1.82. The minimum atomic E-state index is -1.00. The van der Waals surface area contributed by atoms with Crippen LogP contribution in [0.25, 0.3) is 17.8 Å². The number of aromatic nitrogens is 2. The second-order valence-corrected chi connectivity index (χ2v) is 6.03. The van der Waals surface area contributed by atoms with Gasteiger partial charge in [-0.25, -0.2) is 14.5 Å². The second-order valence-electron chi connectivity index (χ2n) is 6.03. The maximum atomic E-state index is 12.8. The summed E-state index contributed by atoms with van der Waals surface area (Å²) in [6.07, 6.45) is 3.70. The number of aromatic carboxylic acids is 1. The number of rotatable bonds is 3. The Hall–Kier alpha value is -3.67. The molecule has 0 fully saturated rings. The van der Waals surface area contributed by atoms with Gasteiger partial charge >= 0.3 is 5.97 Å². The number of hydrogen-bond acceptors (Lipinski definition) is 3. The van der Waals surface area contributed by atoms with E-state index in [4.69, 9.17) is 5.11 Å². The first-order chi connectivity index (χ1) is 12.5. The Labute approximate surface area is 148 Å². The fourth-order valence-corrected chi connectivity index (χ4v) is 2.93. The predicted octanol–water partition coefficient (Wildman–Crippen LogP) is 1.63. The van der Waals surface area contributed by atoms with Crippen LogP contribution in [0, 0.1) is 6.92 Å². The van der Waals surface area contributed by atoms with Gasteiger partial charge < -0.3 is 5.11 Å². The van der Waals surface area contributed by atoms with Crippen molar-refractivity contribution in [2.24, 2.45) is 4.99 Å². The van der Waals surface area contributed by atoms with Crippen molar-refractivity contribution in [2.75, 3.05) is 0 Å². The molecule has 0 saturated carbocycles. The molecule has 2 N–H and O–H groups in total. The summed E-state index contributed by atoms with van der Waals surface area (Å²) in [4.78, 5) is 28.3.